The molecule has 0 fully saturated rings. The predicted molar refractivity (Wildman–Crippen MR) is 57.4 cm³/mol. The molecule has 80 valence electrons. The van der Waals surface area contributed by atoms with Gasteiger partial charge in [-0.3, -0.25) is 0 Å². The van der Waals surface area contributed by atoms with Gasteiger partial charge in [0, 0.05) is 5.56 Å². The highest BCUT2D eigenvalue weighted by atomic mass is 35.5. The van der Waals surface area contributed by atoms with Crippen LogP contribution in [0.3, 0.4) is 0 Å². The molecule has 5 N–H and O–H groups in total. The number of phenols is 1. The lowest BCUT2D eigenvalue weighted by molar-refractivity contribution is 0.414. The van der Waals surface area contributed by atoms with E-state index in [2.05, 4.69) is 0 Å². The number of anilines is 1. The number of alkyl halides is 1. The Morgan fingerprint density at radius 1 is 1.50 bits per heavy atom. The van der Waals surface area contributed by atoms with E-state index in [9.17, 15) is 9.50 Å². The zero-order valence-corrected chi connectivity index (χ0v) is 8.64. The van der Waals surface area contributed by atoms with Gasteiger partial charge in [-0.15, -0.1) is 12.4 Å². The van der Waals surface area contributed by atoms with E-state index in [0.29, 0.717) is 5.56 Å². The summed E-state index contributed by atoms with van der Waals surface area (Å²) < 4.78 is 12.3. The van der Waals surface area contributed by atoms with Crippen LogP contribution in [0.25, 0.3) is 0 Å². The Morgan fingerprint density at radius 2 is 2.07 bits per heavy atom. The average Bonchev–Trinajstić information content (AvgIpc) is 2.12. The zero-order valence-electron chi connectivity index (χ0n) is 7.83. The van der Waals surface area contributed by atoms with Crippen molar-refractivity contribution in [2.75, 3.05) is 12.4 Å². The standard InChI is InChI=1S/C9H13FN2O.ClH/c1-5-2-3-6(11)9(13)8(5)7(12)4-10;/h2-3,7,13H,4,11-12H2,1H3;1H/t7-;/m1./s1. The number of nitrogens with two attached hydrogens (primary N) is 2. The Bertz CT molecular complexity index is 320. The summed E-state index contributed by atoms with van der Waals surface area (Å²) in [5.74, 6) is -0.106. The van der Waals surface area contributed by atoms with Gasteiger partial charge in [0.15, 0.2) is 0 Å². The van der Waals surface area contributed by atoms with Gasteiger partial charge in [0.1, 0.15) is 12.4 Å². The maximum absolute atomic E-state index is 12.3. The highest BCUT2D eigenvalue weighted by Gasteiger charge is 2.15. The van der Waals surface area contributed by atoms with Gasteiger partial charge >= 0.3 is 0 Å². The highest BCUT2D eigenvalue weighted by Crippen LogP contribution is 2.31. The molecule has 0 unspecified atom stereocenters. The van der Waals surface area contributed by atoms with Crippen LogP contribution in [0.4, 0.5) is 10.1 Å². The van der Waals surface area contributed by atoms with E-state index >= 15 is 0 Å². The second kappa shape index (κ2) is 5.02. The second-order valence-electron chi connectivity index (χ2n) is 2.99. The topological polar surface area (TPSA) is 72.3 Å². The number of halogens is 2. The molecule has 14 heavy (non-hydrogen) atoms. The molecule has 5 heteroatoms. The molecule has 0 aromatic heterocycles. The van der Waals surface area contributed by atoms with E-state index in [4.69, 9.17) is 11.5 Å². The minimum Gasteiger partial charge on any atom is -0.505 e. The summed E-state index contributed by atoms with van der Waals surface area (Å²) in [6.45, 7) is 1.04. The number of hydrogen-bond acceptors (Lipinski definition) is 3. The Labute approximate surface area is 88.3 Å². The third-order valence-corrected chi connectivity index (χ3v) is 2.00. The second-order valence-corrected chi connectivity index (χ2v) is 2.99. The van der Waals surface area contributed by atoms with Gasteiger partial charge in [0.2, 0.25) is 0 Å². The van der Waals surface area contributed by atoms with Crippen molar-refractivity contribution in [3.63, 3.8) is 0 Å². The van der Waals surface area contributed by atoms with Crippen molar-refractivity contribution in [2.45, 2.75) is 13.0 Å². The van der Waals surface area contributed by atoms with Crippen LogP contribution in [-0.4, -0.2) is 11.8 Å². The van der Waals surface area contributed by atoms with Crippen LogP contribution >= 0.6 is 12.4 Å². The molecule has 1 aromatic carbocycles. The molecule has 0 aliphatic carbocycles. The number of hydrogen-bond donors (Lipinski definition) is 3. The summed E-state index contributed by atoms with van der Waals surface area (Å²) >= 11 is 0. The minimum atomic E-state index is -0.802. The summed E-state index contributed by atoms with van der Waals surface area (Å²) in [4.78, 5) is 0. The fourth-order valence-corrected chi connectivity index (χ4v) is 1.27. The molecule has 3 nitrogen and oxygen atoms in total. The van der Waals surface area contributed by atoms with Gasteiger partial charge in [-0.2, -0.15) is 0 Å². The summed E-state index contributed by atoms with van der Waals surface area (Å²) in [7, 11) is 0. The molecule has 0 amide bonds. The van der Waals surface area contributed by atoms with Crippen molar-refractivity contribution in [3.8, 4) is 5.75 Å². The monoisotopic (exact) mass is 220 g/mol. The number of benzene rings is 1. The first-order chi connectivity index (χ1) is 6.07. The van der Waals surface area contributed by atoms with E-state index in [1.807, 2.05) is 0 Å². The lowest BCUT2D eigenvalue weighted by Gasteiger charge is -2.14. The van der Waals surface area contributed by atoms with Gasteiger partial charge < -0.3 is 16.6 Å². The fraction of sp³-hybridized carbons (Fsp3) is 0.333. The lowest BCUT2D eigenvalue weighted by atomic mass is 10.0. The summed E-state index contributed by atoms with van der Waals surface area (Å²) in [6.07, 6.45) is 0. The van der Waals surface area contributed by atoms with Gasteiger partial charge in [-0.1, -0.05) is 6.07 Å². The van der Waals surface area contributed by atoms with Crippen molar-refractivity contribution in [2.24, 2.45) is 5.73 Å². The smallest absolute Gasteiger partial charge is 0.143 e. The van der Waals surface area contributed by atoms with Gasteiger partial charge in [-0.25, -0.2) is 4.39 Å². The Hall–Kier alpha value is -1.00. The van der Waals surface area contributed by atoms with E-state index < -0.39 is 12.7 Å². The van der Waals surface area contributed by atoms with Crippen molar-refractivity contribution in [1.82, 2.24) is 0 Å². The molecule has 0 bridgehead atoms. The Kier molecular flexibility index (Phi) is 4.67. The zero-order chi connectivity index (χ0) is 10.0. The summed E-state index contributed by atoms with van der Waals surface area (Å²) in [5.41, 5.74) is 12.3. The van der Waals surface area contributed by atoms with E-state index in [1.54, 1.807) is 19.1 Å². The lowest BCUT2D eigenvalue weighted by Crippen LogP contribution is -2.14. The Morgan fingerprint density at radius 3 is 2.57 bits per heavy atom. The highest BCUT2D eigenvalue weighted by molar-refractivity contribution is 5.85. The van der Waals surface area contributed by atoms with Crippen molar-refractivity contribution in [1.29, 1.82) is 0 Å². The largest absolute Gasteiger partial charge is 0.505 e. The van der Waals surface area contributed by atoms with Gasteiger partial charge in [-0.05, 0) is 18.6 Å². The van der Waals surface area contributed by atoms with Gasteiger partial charge in [0.25, 0.3) is 0 Å². The molecule has 0 aliphatic heterocycles. The predicted octanol–water partition coefficient (Wildman–Crippen LogP) is 1.67. The molecule has 0 aliphatic rings. The van der Waals surface area contributed by atoms with Crippen LogP contribution in [0.5, 0.6) is 5.75 Å². The van der Waals surface area contributed by atoms with Crippen molar-refractivity contribution >= 4 is 18.1 Å². The molecule has 0 saturated carbocycles. The van der Waals surface area contributed by atoms with Crippen LogP contribution in [0.15, 0.2) is 12.1 Å². The maximum Gasteiger partial charge on any atom is 0.143 e. The third-order valence-electron chi connectivity index (χ3n) is 2.00. The first kappa shape index (κ1) is 13.0. The SMILES string of the molecule is Cc1ccc(N)c(O)c1[C@H](N)CF.Cl. The molecule has 0 saturated heterocycles. The first-order valence-electron chi connectivity index (χ1n) is 3.97. The summed E-state index contributed by atoms with van der Waals surface area (Å²) in [5, 5.41) is 9.51. The molecule has 0 spiro atoms. The molecule has 1 aromatic rings. The van der Waals surface area contributed by atoms with E-state index in [1.165, 1.54) is 0 Å². The van der Waals surface area contributed by atoms with E-state index in [0.717, 1.165) is 5.56 Å². The minimum absolute atomic E-state index is 0. The molecule has 1 rings (SSSR count). The summed E-state index contributed by atoms with van der Waals surface area (Å²) in [6, 6.07) is 2.47. The van der Waals surface area contributed by atoms with Crippen LogP contribution in [0, 0.1) is 6.92 Å². The van der Waals surface area contributed by atoms with Gasteiger partial charge in [0.05, 0.1) is 11.7 Å². The van der Waals surface area contributed by atoms with Crippen molar-refractivity contribution < 1.29 is 9.50 Å². The first-order valence-corrected chi connectivity index (χ1v) is 3.97. The molecule has 0 heterocycles. The number of aromatic hydroxyl groups is 1. The number of nitrogen functional groups attached to an aromatic ring is 1. The quantitative estimate of drug-likeness (QED) is 0.525. The van der Waals surface area contributed by atoms with Crippen LogP contribution < -0.4 is 11.5 Å². The molecule has 1 atom stereocenters. The number of rotatable bonds is 2. The average molecular weight is 221 g/mol. The molecule has 0 radical (unpaired) electrons. The fourth-order valence-electron chi connectivity index (χ4n) is 1.27. The maximum atomic E-state index is 12.3. The normalized spacial score (nSPS) is 11.9. The van der Waals surface area contributed by atoms with Crippen LogP contribution in [-0.2, 0) is 0 Å². The molecular formula is C9H14ClFN2O. The molecular weight excluding hydrogens is 207 g/mol. The number of aryl methyl sites for hydroxylation is 1. The van der Waals surface area contributed by atoms with Crippen LogP contribution in [0.1, 0.15) is 17.2 Å². The van der Waals surface area contributed by atoms with Crippen LogP contribution in [0.2, 0.25) is 0 Å². The Balaban J connectivity index is 0.00000169. The van der Waals surface area contributed by atoms with Crippen molar-refractivity contribution in [3.05, 3.63) is 23.3 Å². The van der Waals surface area contributed by atoms with E-state index in [-0.39, 0.29) is 23.8 Å². The number of phenolic OH excluding ortho intramolecular Hbond substituents is 1. The third kappa shape index (κ3) is 2.27.